The number of nitrogens with one attached hydrogen (secondary N) is 1. The van der Waals surface area contributed by atoms with Crippen molar-refractivity contribution in [2.24, 2.45) is 10.9 Å². The predicted molar refractivity (Wildman–Crippen MR) is 101 cm³/mol. The minimum Gasteiger partial charge on any atom is -0.496 e. The van der Waals surface area contributed by atoms with Crippen LogP contribution >= 0.6 is 0 Å². The summed E-state index contributed by atoms with van der Waals surface area (Å²) >= 11 is 0. The molecule has 6 nitrogen and oxygen atoms in total. The third kappa shape index (κ3) is 3.54. The maximum absolute atomic E-state index is 12.3. The van der Waals surface area contributed by atoms with E-state index in [1.165, 1.54) is 0 Å². The maximum Gasteiger partial charge on any atom is 0.234 e. The Balaban J connectivity index is 1.92. The average Bonchev–Trinajstić information content (AvgIpc) is 2.61. The molecule has 0 bridgehead atoms. The summed E-state index contributed by atoms with van der Waals surface area (Å²) in [5.41, 5.74) is 2.71. The van der Waals surface area contributed by atoms with Gasteiger partial charge in [-0.3, -0.25) is 14.6 Å². The van der Waals surface area contributed by atoms with Crippen molar-refractivity contribution in [3.8, 4) is 5.75 Å². The first-order valence-corrected chi connectivity index (χ1v) is 8.51. The monoisotopic (exact) mass is 353 g/mol. The number of benzene rings is 1. The zero-order chi connectivity index (χ0) is 18.8. The van der Waals surface area contributed by atoms with Gasteiger partial charge in [0.15, 0.2) is 0 Å². The lowest BCUT2D eigenvalue weighted by Gasteiger charge is -2.27. The van der Waals surface area contributed by atoms with Gasteiger partial charge in [0.25, 0.3) is 0 Å². The van der Waals surface area contributed by atoms with Gasteiger partial charge in [0, 0.05) is 19.7 Å². The maximum atomic E-state index is 12.3. The number of aliphatic imine (C=N–C) groups is 1. The third-order valence-electron chi connectivity index (χ3n) is 4.60. The largest absolute Gasteiger partial charge is 0.496 e. The summed E-state index contributed by atoms with van der Waals surface area (Å²) in [5.74, 6) is 0.975. The Labute approximate surface area is 153 Å². The van der Waals surface area contributed by atoms with Crippen molar-refractivity contribution < 1.29 is 14.3 Å². The topological polar surface area (TPSA) is 71.0 Å². The van der Waals surface area contributed by atoms with Crippen LogP contribution in [0.4, 0.5) is 0 Å². The van der Waals surface area contributed by atoms with Crippen LogP contribution < -0.4 is 10.1 Å². The molecule has 0 fully saturated rings. The van der Waals surface area contributed by atoms with E-state index in [-0.39, 0.29) is 30.2 Å². The minimum absolute atomic E-state index is 0.00477. The molecule has 1 aliphatic heterocycles. The molecule has 3 rings (SSSR count). The van der Waals surface area contributed by atoms with Gasteiger partial charge in [0.2, 0.25) is 11.8 Å². The number of amidine groups is 1. The number of fused-ring (bicyclic) bond motifs is 1. The van der Waals surface area contributed by atoms with Gasteiger partial charge in [-0.15, -0.1) is 0 Å². The van der Waals surface area contributed by atoms with Gasteiger partial charge in [-0.05, 0) is 30.2 Å². The fraction of sp³-hybridized carbons (Fsp3) is 0.350. The Hall–Kier alpha value is -2.89. The standard InChI is InChI=1S/C20H23N3O3/c1-12-21-17-7-5-14(10-16(17)20(25)22-12)13-6-8-18(26-4)15(9-13)11-19(24)23(2)3/h5-10,16-17H,11H2,1-4H3,(H,21,22,25). The van der Waals surface area contributed by atoms with Gasteiger partial charge < -0.3 is 15.0 Å². The normalized spacial score (nSPS) is 21.3. The van der Waals surface area contributed by atoms with Gasteiger partial charge in [-0.2, -0.15) is 0 Å². The first-order chi connectivity index (χ1) is 12.4. The summed E-state index contributed by atoms with van der Waals surface area (Å²) in [4.78, 5) is 30.4. The molecule has 1 aromatic carbocycles. The van der Waals surface area contributed by atoms with E-state index in [9.17, 15) is 9.59 Å². The van der Waals surface area contributed by atoms with Crippen LogP contribution in [0.25, 0.3) is 5.57 Å². The Morgan fingerprint density at radius 1 is 1.35 bits per heavy atom. The van der Waals surface area contributed by atoms with E-state index in [0.717, 1.165) is 16.7 Å². The van der Waals surface area contributed by atoms with E-state index in [1.807, 2.05) is 36.4 Å². The lowest BCUT2D eigenvalue weighted by Crippen LogP contribution is -2.44. The van der Waals surface area contributed by atoms with Crippen LogP contribution in [0.5, 0.6) is 5.75 Å². The van der Waals surface area contributed by atoms with Gasteiger partial charge >= 0.3 is 0 Å². The number of carbonyl (C=O) groups is 2. The Bertz CT molecular complexity index is 837. The summed E-state index contributed by atoms with van der Waals surface area (Å²) in [5, 5.41) is 2.78. The number of hydrogen-bond acceptors (Lipinski definition) is 4. The molecule has 0 radical (unpaired) electrons. The van der Waals surface area contributed by atoms with Crippen LogP contribution in [0.15, 0.2) is 41.4 Å². The molecular weight excluding hydrogens is 330 g/mol. The summed E-state index contributed by atoms with van der Waals surface area (Å²) in [6.45, 7) is 1.79. The highest BCUT2D eigenvalue weighted by atomic mass is 16.5. The van der Waals surface area contributed by atoms with E-state index in [0.29, 0.717) is 11.6 Å². The highest BCUT2D eigenvalue weighted by molar-refractivity contribution is 6.02. The predicted octanol–water partition coefficient (Wildman–Crippen LogP) is 1.81. The van der Waals surface area contributed by atoms with Crippen LogP contribution in [0.3, 0.4) is 0 Å². The lowest BCUT2D eigenvalue weighted by molar-refractivity contribution is -0.128. The van der Waals surface area contributed by atoms with Gasteiger partial charge in [-0.25, -0.2) is 0 Å². The second kappa shape index (κ2) is 7.15. The van der Waals surface area contributed by atoms with Crippen LogP contribution in [-0.2, 0) is 16.0 Å². The van der Waals surface area contributed by atoms with E-state index >= 15 is 0 Å². The zero-order valence-electron chi connectivity index (χ0n) is 15.4. The first kappa shape index (κ1) is 17.9. The van der Waals surface area contributed by atoms with Crippen LogP contribution in [-0.4, -0.2) is 49.8 Å². The summed E-state index contributed by atoms with van der Waals surface area (Å²) in [6.07, 6.45) is 6.14. The molecular formula is C20H23N3O3. The van der Waals surface area contributed by atoms with E-state index in [4.69, 9.17) is 4.74 Å². The fourth-order valence-corrected chi connectivity index (χ4v) is 3.15. The third-order valence-corrected chi connectivity index (χ3v) is 4.60. The Morgan fingerprint density at radius 2 is 2.12 bits per heavy atom. The van der Waals surface area contributed by atoms with Crippen molar-refractivity contribution in [2.75, 3.05) is 21.2 Å². The molecule has 2 unspecified atom stereocenters. The molecule has 26 heavy (non-hydrogen) atoms. The molecule has 1 aliphatic carbocycles. The Kier molecular flexibility index (Phi) is 4.93. The van der Waals surface area contributed by atoms with Crippen molar-refractivity contribution in [1.29, 1.82) is 0 Å². The van der Waals surface area contributed by atoms with Crippen LogP contribution in [0.2, 0.25) is 0 Å². The number of hydrogen-bond donors (Lipinski definition) is 1. The van der Waals surface area contributed by atoms with Crippen molar-refractivity contribution in [2.45, 2.75) is 19.4 Å². The fourth-order valence-electron chi connectivity index (χ4n) is 3.15. The second-order valence-electron chi connectivity index (χ2n) is 6.69. The molecule has 0 saturated carbocycles. The molecule has 1 heterocycles. The van der Waals surface area contributed by atoms with Gasteiger partial charge in [-0.1, -0.05) is 24.3 Å². The molecule has 0 aromatic heterocycles. The molecule has 6 heteroatoms. The molecule has 136 valence electrons. The van der Waals surface area contributed by atoms with Gasteiger partial charge in [0.1, 0.15) is 11.6 Å². The molecule has 0 spiro atoms. The SMILES string of the molecule is COc1ccc(C2=CC3C(=O)NC(C)=NC3C=C2)cc1CC(=O)N(C)C. The summed E-state index contributed by atoms with van der Waals surface area (Å²) < 4.78 is 5.39. The smallest absolute Gasteiger partial charge is 0.234 e. The van der Waals surface area contributed by atoms with E-state index < -0.39 is 0 Å². The number of rotatable bonds is 4. The quantitative estimate of drug-likeness (QED) is 0.897. The second-order valence-corrected chi connectivity index (χ2v) is 6.69. The average molecular weight is 353 g/mol. The minimum atomic E-state index is -0.312. The van der Waals surface area contributed by atoms with Crippen molar-refractivity contribution in [3.63, 3.8) is 0 Å². The Morgan fingerprint density at radius 3 is 2.81 bits per heavy atom. The van der Waals surface area contributed by atoms with E-state index in [1.54, 1.807) is 33.0 Å². The van der Waals surface area contributed by atoms with Crippen molar-refractivity contribution >= 4 is 23.2 Å². The number of nitrogens with zero attached hydrogens (tertiary/aromatic N) is 2. The van der Waals surface area contributed by atoms with Crippen LogP contribution in [0.1, 0.15) is 18.1 Å². The first-order valence-electron chi connectivity index (χ1n) is 8.51. The number of methoxy groups -OCH3 is 1. The number of allylic oxidation sites excluding steroid dienone is 2. The number of ether oxygens (including phenoxy) is 1. The lowest BCUT2D eigenvalue weighted by atomic mass is 9.87. The number of carbonyl (C=O) groups excluding carboxylic acids is 2. The number of likely N-dealkylation sites (N-methyl/N-ethyl adjacent to an activating group) is 1. The molecule has 2 atom stereocenters. The molecule has 2 amide bonds. The molecule has 1 aromatic rings. The molecule has 1 N–H and O–H groups in total. The van der Waals surface area contributed by atoms with Gasteiger partial charge in [0.05, 0.1) is 25.5 Å². The van der Waals surface area contributed by atoms with E-state index in [2.05, 4.69) is 10.3 Å². The highest BCUT2D eigenvalue weighted by Crippen LogP contribution is 2.31. The highest BCUT2D eigenvalue weighted by Gasteiger charge is 2.31. The summed E-state index contributed by atoms with van der Waals surface area (Å²) in [7, 11) is 5.06. The molecule has 2 aliphatic rings. The molecule has 0 saturated heterocycles. The van der Waals surface area contributed by atoms with Crippen molar-refractivity contribution in [1.82, 2.24) is 10.2 Å². The van der Waals surface area contributed by atoms with Crippen molar-refractivity contribution in [3.05, 3.63) is 47.6 Å². The number of amides is 2. The zero-order valence-corrected chi connectivity index (χ0v) is 15.4. The van der Waals surface area contributed by atoms with Crippen LogP contribution in [0, 0.1) is 5.92 Å². The summed E-state index contributed by atoms with van der Waals surface area (Å²) in [6, 6.07) is 5.60.